The molecule has 0 saturated heterocycles. The van der Waals surface area contributed by atoms with E-state index in [1.807, 2.05) is 25.1 Å². The summed E-state index contributed by atoms with van der Waals surface area (Å²) in [5.41, 5.74) is 1.11. The summed E-state index contributed by atoms with van der Waals surface area (Å²) in [7, 11) is 0. The van der Waals surface area contributed by atoms with Gasteiger partial charge in [0, 0.05) is 15.5 Å². The SMILES string of the molecule is Cc1ccc2scc(F)c2c1. The second-order valence-corrected chi connectivity index (χ2v) is 3.49. The Balaban J connectivity index is 2.87. The summed E-state index contributed by atoms with van der Waals surface area (Å²) in [6, 6.07) is 5.83. The average molecular weight is 166 g/mol. The van der Waals surface area contributed by atoms with Crippen LogP contribution in [0.4, 0.5) is 4.39 Å². The number of hydrogen-bond donors (Lipinski definition) is 0. The molecular weight excluding hydrogens is 159 g/mol. The zero-order valence-corrected chi connectivity index (χ0v) is 6.91. The number of rotatable bonds is 0. The maximum absolute atomic E-state index is 12.9. The molecule has 1 aromatic heterocycles. The van der Waals surface area contributed by atoms with Gasteiger partial charge < -0.3 is 0 Å². The van der Waals surface area contributed by atoms with Crippen LogP contribution in [0.1, 0.15) is 5.56 Å². The van der Waals surface area contributed by atoms with Gasteiger partial charge in [0.1, 0.15) is 5.82 Å². The fourth-order valence-electron chi connectivity index (χ4n) is 1.11. The van der Waals surface area contributed by atoms with Crippen molar-refractivity contribution in [2.75, 3.05) is 0 Å². The van der Waals surface area contributed by atoms with Crippen molar-refractivity contribution in [1.29, 1.82) is 0 Å². The molecule has 2 heteroatoms. The normalized spacial score (nSPS) is 10.7. The van der Waals surface area contributed by atoms with E-state index < -0.39 is 0 Å². The second kappa shape index (κ2) is 2.31. The lowest BCUT2D eigenvalue weighted by molar-refractivity contribution is 0.644. The summed E-state index contributed by atoms with van der Waals surface area (Å²) in [6.45, 7) is 1.97. The van der Waals surface area contributed by atoms with Crippen LogP contribution in [0.5, 0.6) is 0 Å². The van der Waals surface area contributed by atoms with E-state index in [9.17, 15) is 4.39 Å². The van der Waals surface area contributed by atoms with E-state index in [0.29, 0.717) is 0 Å². The molecule has 0 spiro atoms. The van der Waals surface area contributed by atoms with Crippen LogP contribution in [0.25, 0.3) is 10.1 Å². The smallest absolute Gasteiger partial charge is 0.141 e. The van der Waals surface area contributed by atoms with Gasteiger partial charge in [0.25, 0.3) is 0 Å². The fourth-order valence-corrected chi connectivity index (χ4v) is 1.90. The monoisotopic (exact) mass is 166 g/mol. The van der Waals surface area contributed by atoms with E-state index in [-0.39, 0.29) is 5.82 Å². The van der Waals surface area contributed by atoms with E-state index in [0.717, 1.165) is 15.6 Å². The third-order valence-corrected chi connectivity index (χ3v) is 2.62. The van der Waals surface area contributed by atoms with Crippen molar-refractivity contribution < 1.29 is 4.39 Å². The molecule has 1 heterocycles. The van der Waals surface area contributed by atoms with Crippen molar-refractivity contribution in [1.82, 2.24) is 0 Å². The number of benzene rings is 1. The van der Waals surface area contributed by atoms with Gasteiger partial charge in [-0.1, -0.05) is 11.6 Å². The van der Waals surface area contributed by atoms with Crippen molar-refractivity contribution in [2.24, 2.45) is 0 Å². The largest absolute Gasteiger partial charge is 0.205 e. The van der Waals surface area contributed by atoms with Gasteiger partial charge in [-0.15, -0.1) is 11.3 Å². The van der Waals surface area contributed by atoms with Gasteiger partial charge in [-0.3, -0.25) is 0 Å². The molecule has 11 heavy (non-hydrogen) atoms. The minimum atomic E-state index is -0.103. The Bertz CT molecular complexity index is 389. The molecule has 0 atom stereocenters. The summed E-state index contributed by atoms with van der Waals surface area (Å²) < 4.78 is 14.0. The molecule has 1 aromatic carbocycles. The van der Waals surface area contributed by atoms with Crippen LogP contribution in [0.3, 0.4) is 0 Å². The van der Waals surface area contributed by atoms with E-state index in [1.165, 1.54) is 11.3 Å². The summed E-state index contributed by atoms with van der Waals surface area (Å²) in [5.74, 6) is -0.103. The van der Waals surface area contributed by atoms with Gasteiger partial charge in [0.2, 0.25) is 0 Å². The van der Waals surface area contributed by atoms with Gasteiger partial charge in [0.15, 0.2) is 0 Å². The second-order valence-electron chi connectivity index (χ2n) is 2.58. The number of aryl methyl sites for hydroxylation is 1. The van der Waals surface area contributed by atoms with Crippen LogP contribution >= 0.6 is 11.3 Å². The first-order valence-electron chi connectivity index (χ1n) is 3.41. The number of fused-ring (bicyclic) bond motifs is 1. The van der Waals surface area contributed by atoms with Gasteiger partial charge in [-0.2, -0.15) is 0 Å². The molecule has 0 bridgehead atoms. The molecular formula is C9H7FS. The molecule has 0 nitrogen and oxygen atoms in total. The molecule has 0 unspecified atom stereocenters. The van der Waals surface area contributed by atoms with Gasteiger partial charge in [0.05, 0.1) is 0 Å². The highest BCUT2D eigenvalue weighted by atomic mass is 32.1. The molecule has 2 rings (SSSR count). The molecule has 56 valence electrons. The number of halogens is 1. The van der Waals surface area contributed by atoms with Crippen LogP contribution in [0.2, 0.25) is 0 Å². The predicted molar refractivity (Wildman–Crippen MR) is 46.5 cm³/mol. The quantitative estimate of drug-likeness (QED) is 0.563. The number of thiophene rings is 1. The highest BCUT2D eigenvalue weighted by molar-refractivity contribution is 7.17. The molecule has 0 aliphatic rings. The summed E-state index contributed by atoms with van der Waals surface area (Å²) in [5, 5.41) is 2.29. The minimum absolute atomic E-state index is 0.103. The standard InChI is InChI=1S/C9H7FS/c1-6-2-3-9-7(4-6)8(10)5-11-9/h2-5H,1H3. The van der Waals surface area contributed by atoms with E-state index in [2.05, 4.69) is 0 Å². The first kappa shape index (κ1) is 6.80. The van der Waals surface area contributed by atoms with Gasteiger partial charge >= 0.3 is 0 Å². The highest BCUT2D eigenvalue weighted by Gasteiger charge is 2.01. The van der Waals surface area contributed by atoms with Gasteiger partial charge in [-0.25, -0.2) is 4.39 Å². The molecule has 0 aliphatic carbocycles. The molecule has 0 fully saturated rings. The lowest BCUT2D eigenvalue weighted by atomic mass is 10.2. The third kappa shape index (κ3) is 1.03. The molecule has 0 amide bonds. The van der Waals surface area contributed by atoms with Crippen molar-refractivity contribution in [3.63, 3.8) is 0 Å². The Hall–Kier alpha value is -0.890. The van der Waals surface area contributed by atoms with Crippen molar-refractivity contribution in [2.45, 2.75) is 6.92 Å². The topological polar surface area (TPSA) is 0 Å². The average Bonchev–Trinajstić information content (AvgIpc) is 2.33. The predicted octanol–water partition coefficient (Wildman–Crippen LogP) is 3.35. The van der Waals surface area contributed by atoms with Crippen LogP contribution in [-0.4, -0.2) is 0 Å². The Morgan fingerprint density at radius 1 is 1.36 bits per heavy atom. The molecule has 0 N–H and O–H groups in total. The van der Waals surface area contributed by atoms with Crippen LogP contribution in [-0.2, 0) is 0 Å². The lowest BCUT2D eigenvalue weighted by Gasteiger charge is -1.91. The first-order valence-corrected chi connectivity index (χ1v) is 4.29. The maximum atomic E-state index is 12.9. The van der Waals surface area contributed by atoms with Gasteiger partial charge in [-0.05, 0) is 19.1 Å². The Labute approximate surface area is 68.3 Å². The van der Waals surface area contributed by atoms with Crippen molar-refractivity contribution in [3.8, 4) is 0 Å². The van der Waals surface area contributed by atoms with E-state index in [4.69, 9.17) is 0 Å². The Kier molecular flexibility index (Phi) is 1.43. The summed E-state index contributed by atoms with van der Waals surface area (Å²) in [6.07, 6.45) is 0. The first-order chi connectivity index (χ1) is 5.27. The van der Waals surface area contributed by atoms with E-state index in [1.54, 1.807) is 5.38 Å². The maximum Gasteiger partial charge on any atom is 0.141 e. The minimum Gasteiger partial charge on any atom is -0.205 e. The van der Waals surface area contributed by atoms with Crippen LogP contribution in [0, 0.1) is 12.7 Å². The number of hydrogen-bond acceptors (Lipinski definition) is 1. The molecule has 2 aromatic rings. The molecule has 0 aliphatic heterocycles. The van der Waals surface area contributed by atoms with Crippen LogP contribution in [0.15, 0.2) is 23.6 Å². The summed E-state index contributed by atoms with van der Waals surface area (Å²) >= 11 is 1.45. The van der Waals surface area contributed by atoms with Crippen molar-refractivity contribution >= 4 is 21.4 Å². The zero-order chi connectivity index (χ0) is 7.84. The fraction of sp³-hybridized carbons (Fsp3) is 0.111. The van der Waals surface area contributed by atoms with E-state index >= 15 is 0 Å². The van der Waals surface area contributed by atoms with Crippen molar-refractivity contribution in [3.05, 3.63) is 35.0 Å². The summed E-state index contributed by atoms with van der Waals surface area (Å²) in [4.78, 5) is 0. The molecule has 0 saturated carbocycles. The Morgan fingerprint density at radius 3 is 3.00 bits per heavy atom. The molecule has 0 radical (unpaired) electrons. The zero-order valence-electron chi connectivity index (χ0n) is 6.10. The lowest BCUT2D eigenvalue weighted by Crippen LogP contribution is -1.71. The Morgan fingerprint density at radius 2 is 2.18 bits per heavy atom. The van der Waals surface area contributed by atoms with Crippen LogP contribution < -0.4 is 0 Å². The third-order valence-electron chi connectivity index (χ3n) is 1.68. The highest BCUT2D eigenvalue weighted by Crippen LogP contribution is 2.24.